The molecule has 1 saturated heterocycles. The van der Waals surface area contributed by atoms with Crippen molar-refractivity contribution in [2.24, 2.45) is 0 Å². The lowest BCUT2D eigenvalue weighted by molar-refractivity contribution is -0.00818. The number of benzene rings is 2. The molecule has 2 N–H and O–H groups in total. The molecule has 6 nitrogen and oxygen atoms in total. The summed E-state index contributed by atoms with van der Waals surface area (Å²) in [5.41, 5.74) is -0.676. The van der Waals surface area contributed by atoms with Crippen molar-refractivity contribution >= 4 is 46.0 Å². The van der Waals surface area contributed by atoms with Crippen LogP contribution in [-0.4, -0.2) is 41.6 Å². The van der Waals surface area contributed by atoms with Crippen LogP contribution in [0.3, 0.4) is 0 Å². The molecule has 2 aromatic carbocycles. The van der Waals surface area contributed by atoms with Gasteiger partial charge in [-0.3, -0.25) is 4.79 Å². The number of carbonyl (C=O) groups is 2. The third kappa shape index (κ3) is 5.81. The average molecular weight is 547 g/mol. The first-order valence-electron chi connectivity index (χ1n) is 9.42. The van der Waals surface area contributed by atoms with E-state index in [2.05, 4.69) is 10.6 Å². The Labute approximate surface area is 191 Å². The summed E-state index contributed by atoms with van der Waals surface area (Å²) < 4.78 is 47.8. The van der Waals surface area contributed by atoms with Gasteiger partial charge in [-0.1, -0.05) is 0 Å². The Kier molecular flexibility index (Phi) is 6.68. The van der Waals surface area contributed by atoms with Crippen molar-refractivity contribution in [2.45, 2.75) is 32.4 Å². The average Bonchev–Trinajstić information content (AvgIpc) is 2.61. The predicted molar refractivity (Wildman–Crippen MR) is 118 cm³/mol. The summed E-state index contributed by atoms with van der Waals surface area (Å²) >= 11 is 1.94. The van der Waals surface area contributed by atoms with Crippen LogP contribution in [0.4, 0.5) is 29.3 Å². The fraction of sp³-hybridized carbons (Fsp3) is 0.333. The van der Waals surface area contributed by atoms with Gasteiger partial charge in [-0.25, -0.2) is 18.0 Å². The number of nitrogens with one attached hydrogen (secondary N) is 2. The van der Waals surface area contributed by atoms with Crippen LogP contribution in [0.1, 0.15) is 31.1 Å². The summed E-state index contributed by atoms with van der Waals surface area (Å²) in [5.74, 6) is -3.57. The van der Waals surface area contributed by atoms with Crippen molar-refractivity contribution in [3.8, 4) is 0 Å². The molecule has 0 aromatic heterocycles. The Bertz CT molecular complexity index is 1020. The molecule has 0 atom stereocenters. The highest BCUT2D eigenvalue weighted by Crippen LogP contribution is 2.29. The summed E-state index contributed by atoms with van der Waals surface area (Å²) in [7, 11) is 0. The van der Waals surface area contributed by atoms with Crippen LogP contribution in [0, 0.1) is 21.0 Å². The second-order valence-corrected chi connectivity index (χ2v) is 9.42. The molecule has 10 heteroatoms. The van der Waals surface area contributed by atoms with E-state index in [1.165, 1.54) is 17.0 Å². The summed E-state index contributed by atoms with van der Waals surface area (Å²) in [6.07, 6.45) is -1.12. The largest absolute Gasteiger partial charge is 0.442 e. The fourth-order valence-electron chi connectivity index (χ4n) is 2.90. The number of likely N-dealkylation sites (tertiary alicyclic amines) is 1. The highest BCUT2D eigenvalue weighted by Gasteiger charge is 2.35. The maximum atomic E-state index is 14.2. The summed E-state index contributed by atoms with van der Waals surface area (Å²) in [4.78, 5) is 26.0. The highest BCUT2D eigenvalue weighted by molar-refractivity contribution is 14.1. The second-order valence-electron chi connectivity index (χ2n) is 8.17. The van der Waals surface area contributed by atoms with Gasteiger partial charge < -0.3 is 20.3 Å². The number of anilines is 2. The van der Waals surface area contributed by atoms with Crippen molar-refractivity contribution < 1.29 is 27.5 Å². The van der Waals surface area contributed by atoms with Crippen LogP contribution in [0.25, 0.3) is 0 Å². The van der Waals surface area contributed by atoms with Gasteiger partial charge in [0, 0.05) is 15.2 Å². The van der Waals surface area contributed by atoms with Crippen molar-refractivity contribution in [1.29, 1.82) is 0 Å². The van der Waals surface area contributed by atoms with Crippen LogP contribution in [0.15, 0.2) is 30.3 Å². The second kappa shape index (κ2) is 8.93. The minimum Gasteiger partial charge on any atom is -0.442 e. The van der Waals surface area contributed by atoms with E-state index in [4.69, 9.17) is 4.74 Å². The van der Waals surface area contributed by atoms with E-state index in [1.807, 2.05) is 22.6 Å². The van der Waals surface area contributed by atoms with Crippen LogP contribution in [0.5, 0.6) is 0 Å². The van der Waals surface area contributed by atoms with Crippen molar-refractivity contribution in [2.75, 3.05) is 18.4 Å². The van der Waals surface area contributed by atoms with E-state index in [0.29, 0.717) is 3.57 Å². The van der Waals surface area contributed by atoms with Crippen molar-refractivity contribution in [1.82, 2.24) is 10.2 Å². The van der Waals surface area contributed by atoms with Gasteiger partial charge in [0.1, 0.15) is 11.9 Å². The molecule has 1 heterocycles. The molecular weight excluding hydrogens is 526 g/mol. The van der Waals surface area contributed by atoms with Crippen molar-refractivity contribution in [3.63, 3.8) is 0 Å². The minimum atomic E-state index is -1.20. The number of halogens is 4. The summed E-state index contributed by atoms with van der Waals surface area (Å²) in [5, 5.41) is 5.31. The SMILES string of the molecule is CC(C)(C)NC(=O)OC1CN(C(=O)c2cc(F)c(F)cc2Nc2ccc(I)cc2F)C1. The zero-order chi connectivity index (χ0) is 22.9. The zero-order valence-electron chi connectivity index (χ0n) is 17.1. The maximum absolute atomic E-state index is 14.2. The van der Waals surface area contributed by atoms with E-state index in [-0.39, 0.29) is 30.0 Å². The molecular formula is C21H21F3IN3O3. The first-order chi connectivity index (χ1) is 14.4. The first kappa shape index (κ1) is 23.2. The summed E-state index contributed by atoms with van der Waals surface area (Å²) in [6, 6.07) is 5.92. The maximum Gasteiger partial charge on any atom is 0.407 e. The molecule has 0 saturated carbocycles. The van der Waals surface area contributed by atoms with Gasteiger partial charge in [0.2, 0.25) is 0 Å². The van der Waals surface area contributed by atoms with Crippen molar-refractivity contribution in [3.05, 3.63) is 56.9 Å². The standard InChI is InChI=1S/C21H21F3IN3O3/c1-21(2,3)27-20(30)31-12-9-28(10-12)19(29)13-7-14(22)15(23)8-18(13)26-17-5-4-11(25)6-16(17)24/h4-8,12,26H,9-10H2,1-3H3,(H,27,30). The van der Waals surface area contributed by atoms with E-state index in [1.54, 1.807) is 26.8 Å². The van der Waals surface area contributed by atoms with Gasteiger partial charge in [0.05, 0.1) is 30.0 Å². The topological polar surface area (TPSA) is 70.7 Å². The Morgan fingerprint density at radius 3 is 2.29 bits per heavy atom. The molecule has 0 radical (unpaired) electrons. The van der Waals surface area contributed by atoms with Gasteiger partial charge >= 0.3 is 6.09 Å². The van der Waals surface area contributed by atoms with Gasteiger partial charge in [0.25, 0.3) is 5.91 Å². The van der Waals surface area contributed by atoms with Crippen LogP contribution in [-0.2, 0) is 4.74 Å². The molecule has 3 rings (SSSR count). The van der Waals surface area contributed by atoms with Crippen LogP contribution in [0.2, 0.25) is 0 Å². The van der Waals surface area contributed by atoms with Gasteiger partial charge in [-0.2, -0.15) is 0 Å². The molecule has 1 aliphatic rings. The normalized spacial score (nSPS) is 14.1. The monoisotopic (exact) mass is 547 g/mol. The molecule has 0 aliphatic carbocycles. The fourth-order valence-corrected chi connectivity index (χ4v) is 3.35. The smallest absolute Gasteiger partial charge is 0.407 e. The Morgan fingerprint density at radius 2 is 1.68 bits per heavy atom. The third-order valence-electron chi connectivity index (χ3n) is 4.38. The Balaban J connectivity index is 1.73. The molecule has 2 aromatic rings. The van der Waals surface area contributed by atoms with E-state index >= 15 is 0 Å². The van der Waals surface area contributed by atoms with Crippen LogP contribution >= 0.6 is 22.6 Å². The van der Waals surface area contributed by atoms with E-state index < -0.39 is 41.1 Å². The molecule has 31 heavy (non-hydrogen) atoms. The number of rotatable bonds is 4. The lowest BCUT2D eigenvalue weighted by atomic mass is 10.1. The molecule has 0 spiro atoms. The number of carbonyl (C=O) groups excluding carboxylic acids is 2. The van der Waals surface area contributed by atoms with E-state index in [9.17, 15) is 22.8 Å². The molecule has 0 bridgehead atoms. The lowest BCUT2D eigenvalue weighted by Crippen LogP contribution is -2.57. The predicted octanol–water partition coefficient (Wildman–Crippen LogP) is 4.80. The lowest BCUT2D eigenvalue weighted by Gasteiger charge is -2.39. The molecule has 1 fully saturated rings. The molecule has 1 aliphatic heterocycles. The molecule has 166 valence electrons. The Morgan fingerprint density at radius 1 is 1.03 bits per heavy atom. The highest BCUT2D eigenvalue weighted by atomic mass is 127. The third-order valence-corrected chi connectivity index (χ3v) is 5.05. The number of nitrogens with zero attached hydrogens (tertiary/aromatic N) is 1. The zero-order valence-corrected chi connectivity index (χ0v) is 19.2. The van der Waals surface area contributed by atoms with E-state index in [0.717, 1.165) is 12.1 Å². The number of amides is 2. The number of hydrogen-bond acceptors (Lipinski definition) is 4. The summed E-state index contributed by atoms with van der Waals surface area (Å²) in [6.45, 7) is 5.62. The first-order valence-corrected chi connectivity index (χ1v) is 10.5. The number of hydrogen-bond donors (Lipinski definition) is 2. The Hall–Kier alpha value is -2.50. The minimum absolute atomic E-state index is 0.0177. The number of ether oxygens (including phenoxy) is 1. The molecule has 0 unspecified atom stereocenters. The van der Waals surface area contributed by atoms with Gasteiger partial charge in [-0.15, -0.1) is 0 Å². The quantitative estimate of drug-likeness (QED) is 0.540. The molecule has 2 amide bonds. The number of alkyl carbamates (subject to hydrolysis) is 1. The van der Waals surface area contributed by atoms with Crippen LogP contribution < -0.4 is 10.6 Å². The van der Waals surface area contributed by atoms with Gasteiger partial charge in [-0.05, 0) is 67.6 Å². The van der Waals surface area contributed by atoms with Gasteiger partial charge in [0.15, 0.2) is 11.6 Å².